The van der Waals surface area contributed by atoms with E-state index in [0.29, 0.717) is 6.04 Å². The standard InChI is InChI=1S/C19H25NOSi/c1-19(2,3)22(21-15-16-14-20-16,17-10-6-4-7-11-17)18-12-8-5-9-13-18/h4-13,16,20H,14-15H2,1-3H3. The van der Waals surface area contributed by atoms with E-state index in [4.69, 9.17) is 4.43 Å². The van der Waals surface area contributed by atoms with Gasteiger partial charge in [-0.15, -0.1) is 0 Å². The Hall–Kier alpha value is -1.42. The number of rotatable bonds is 5. The quantitative estimate of drug-likeness (QED) is 0.679. The summed E-state index contributed by atoms with van der Waals surface area (Å²) >= 11 is 0. The lowest BCUT2D eigenvalue weighted by Crippen LogP contribution is -2.66. The van der Waals surface area contributed by atoms with Crippen LogP contribution < -0.4 is 15.7 Å². The van der Waals surface area contributed by atoms with E-state index in [1.807, 2.05) is 0 Å². The Bertz CT molecular complexity index is 563. The van der Waals surface area contributed by atoms with Gasteiger partial charge in [-0.05, 0) is 15.4 Å². The van der Waals surface area contributed by atoms with E-state index in [-0.39, 0.29) is 5.04 Å². The Labute approximate surface area is 134 Å². The van der Waals surface area contributed by atoms with Crippen molar-refractivity contribution in [2.75, 3.05) is 13.2 Å². The number of hydrogen-bond acceptors (Lipinski definition) is 2. The Balaban J connectivity index is 2.12. The highest BCUT2D eigenvalue weighted by Crippen LogP contribution is 2.36. The molecule has 2 aromatic carbocycles. The molecule has 1 saturated heterocycles. The number of benzene rings is 2. The SMILES string of the molecule is CC(C)(C)[Si](OCC1CN1)(c1ccccc1)c1ccccc1. The third-order valence-electron chi connectivity index (χ3n) is 4.41. The third-order valence-corrected chi connectivity index (χ3v) is 9.42. The van der Waals surface area contributed by atoms with Crippen molar-refractivity contribution in [2.45, 2.75) is 31.9 Å². The van der Waals surface area contributed by atoms with E-state index in [9.17, 15) is 0 Å². The van der Waals surface area contributed by atoms with Gasteiger partial charge in [0.05, 0.1) is 6.61 Å². The van der Waals surface area contributed by atoms with Crippen molar-refractivity contribution in [3.8, 4) is 0 Å². The van der Waals surface area contributed by atoms with Crippen molar-refractivity contribution in [3.63, 3.8) is 0 Å². The molecule has 0 saturated carbocycles. The van der Waals surface area contributed by atoms with Gasteiger partial charge >= 0.3 is 0 Å². The maximum Gasteiger partial charge on any atom is 0.261 e. The lowest BCUT2D eigenvalue weighted by atomic mass is 10.2. The molecular formula is C19H25NOSi. The summed E-state index contributed by atoms with van der Waals surface area (Å²) < 4.78 is 6.77. The molecule has 0 amide bonds. The van der Waals surface area contributed by atoms with Crippen LogP contribution in [0.5, 0.6) is 0 Å². The lowest BCUT2D eigenvalue weighted by molar-refractivity contribution is 0.299. The van der Waals surface area contributed by atoms with Gasteiger partial charge in [-0.1, -0.05) is 81.4 Å². The minimum atomic E-state index is -2.31. The molecule has 1 atom stereocenters. The Morgan fingerprint density at radius 1 is 0.955 bits per heavy atom. The van der Waals surface area contributed by atoms with Crippen molar-refractivity contribution in [1.82, 2.24) is 5.32 Å². The van der Waals surface area contributed by atoms with Gasteiger partial charge in [0.15, 0.2) is 0 Å². The minimum Gasteiger partial charge on any atom is -0.406 e. The third kappa shape index (κ3) is 2.89. The first-order valence-corrected chi connectivity index (χ1v) is 9.93. The van der Waals surface area contributed by atoms with Crippen LogP contribution in [0.2, 0.25) is 5.04 Å². The van der Waals surface area contributed by atoms with E-state index in [1.54, 1.807) is 0 Å². The predicted octanol–water partition coefficient (Wildman–Crippen LogP) is 2.53. The topological polar surface area (TPSA) is 31.2 Å². The number of hydrogen-bond donors (Lipinski definition) is 1. The first kappa shape index (κ1) is 15.5. The monoisotopic (exact) mass is 311 g/mol. The molecule has 1 aliphatic rings. The van der Waals surface area contributed by atoms with Gasteiger partial charge in [-0.2, -0.15) is 0 Å². The first-order valence-electron chi connectivity index (χ1n) is 8.02. The van der Waals surface area contributed by atoms with Gasteiger partial charge in [-0.3, -0.25) is 0 Å². The normalized spacial score (nSPS) is 18.2. The molecule has 3 heteroatoms. The highest BCUT2D eigenvalue weighted by molar-refractivity contribution is 6.99. The van der Waals surface area contributed by atoms with Gasteiger partial charge < -0.3 is 9.74 Å². The smallest absolute Gasteiger partial charge is 0.261 e. The lowest BCUT2D eigenvalue weighted by Gasteiger charge is -2.43. The van der Waals surface area contributed by atoms with Gasteiger partial charge in [-0.25, -0.2) is 0 Å². The molecule has 1 unspecified atom stereocenters. The molecule has 1 heterocycles. The van der Waals surface area contributed by atoms with Gasteiger partial charge in [0.1, 0.15) is 0 Å². The molecule has 0 spiro atoms. The molecule has 2 aromatic rings. The second kappa shape index (κ2) is 5.99. The minimum absolute atomic E-state index is 0.0740. The van der Waals surface area contributed by atoms with Crippen molar-refractivity contribution in [3.05, 3.63) is 60.7 Å². The van der Waals surface area contributed by atoms with Crippen LogP contribution in [0.15, 0.2) is 60.7 Å². The van der Waals surface area contributed by atoms with E-state index in [1.165, 1.54) is 10.4 Å². The molecule has 1 aliphatic heterocycles. The first-order chi connectivity index (χ1) is 10.5. The molecule has 2 nitrogen and oxygen atoms in total. The zero-order chi connectivity index (χ0) is 15.6. The summed E-state index contributed by atoms with van der Waals surface area (Å²) in [4.78, 5) is 0. The van der Waals surface area contributed by atoms with Crippen molar-refractivity contribution >= 4 is 18.7 Å². The van der Waals surface area contributed by atoms with Crippen LogP contribution in [0.3, 0.4) is 0 Å². The zero-order valence-electron chi connectivity index (χ0n) is 13.7. The van der Waals surface area contributed by atoms with Crippen LogP contribution >= 0.6 is 0 Å². The van der Waals surface area contributed by atoms with Crippen molar-refractivity contribution in [1.29, 1.82) is 0 Å². The van der Waals surface area contributed by atoms with Crippen LogP contribution in [-0.2, 0) is 4.43 Å². The highest BCUT2D eigenvalue weighted by atomic mass is 28.4. The summed E-state index contributed by atoms with van der Waals surface area (Å²) in [6.45, 7) is 8.84. The van der Waals surface area contributed by atoms with Gasteiger partial charge in [0, 0.05) is 12.6 Å². The Morgan fingerprint density at radius 3 is 1.77 bits per heavy atom. The second-order valence-electron chi connectivity index (χ2n) is 7.08. The van der Waals surface area contributed by atoms with Crippen LogP contribution in [0.25, 0.3) is 0 Å². The molecule has 1 fully saturated rings. The molecule has 0 bridgehead atoms. The Morgan fingerprint density at radius 2 is 1.41 bits per heavy atom. The molecule has 1 N–H and O–H groups in total. The molecule has 0 aliphatic carbocycles. The number of nitrogens with one attached hydrogen (secondary N) is 1. The molecule has 116 valence electrons. The van der Waals surface area contributed by atoms with E-state index < -0.39 is 8.32 Å². The van der Waals surface area contributed by atoms with E-state index in [0.717, 1.165) is 13.2 Å². The largest absolute Gasteiger partial charge is 0.406 e. The predicted molar refractivity (Wildman–Crippen MR) is 95.4 cm³/mol. The van der Waals surface area contributed by atoms with Gasteiger partial charge in [0.2, 0.25) is 0 Å². The summed E-state index contributed by atoms with van der Waals surface area (Å²) in [6.07, 6.45) is 0. The second-order valence-corrected chi connectivity index (χ2v) is 11.4. The highest BCUT2D eigenvalue weighted by Gasteiger charge is 2.50. The summed E-state index contributed by atoms with van der Waals surface area (Å²) in [5.74, 6) is 0. The summed E-state index contributed by atoms with van der Waals surface area (Å²) in [7, 11) is -2.31. The summed E-state index contributed by atoms with van der Waals surface area (Å²) in [6, 6.07) is 22.2. The maximum absolute atomic E-state index is 6.77. The van der Waals surface area contributed by atoms with Crippen LogP contribution in [0.4, 0.5) is 0 Å². The average molecular weight is 312 g/mol. The molecular weight excluding hydrogens is 286 g/mol. The maximum atomic E-state index is 6.77. The van der Waals surface area contributed by atoms with Crippen molar-refractivity contribution in [2.24, 2.45) is 0 Å². The van der Waals surface area contributed by atoms with E-state index >= 15 is 0 Å². The fraction of sp³-hybridized carbons (Fsp3) is 0.368. The van der Waals surface area contributed by atoms with Gasteiger partial charge in [0.25, 0.3) is 8.32 Å². The summed E-state index contributed by atoms with van der Waals surface area (Å²) in [5, 5.41) is 6.14. The Kier molecular flexibility index (Phi) is 4.21. The van der Waals surface area contributed by atoms with Crippen LogP contribution in [0.1, 0.15) is 20.8 Å². The van der Waals surface area contributed by atoms with Crippen LogP contribution in [-0.4, -0.2) is 27.5 Å². The molecule has 0 aromatic heterocycles. The fourth-order valence-corrected chi connectivity index (χ4v) is 7.80. The fourth-order valence-electron chi connectivity index (χ4n) is 3.19. The van der Waals surface area contributed by atoms with E-state index in [2.05, 4.69) is 86.8 Å². The average Bonchev–Trinajstić information content (AvgIpc) is 3.33. The molecule has 22 heavy (non-hydrogen) atoms. The summed E-state index contributed by atoms with van der Waals surface area (Å²) in [5.41, 5.74) is 0. The van der Waals surface area contributed by atoms with Crippen LogP contribution in [0, 0.1) is 0 Å². The molecule has 0 radical (unpaired) electrons. The molecule has 3 rings (SSSR count). The zero-order valence-corrected chi connectivity index (χ0v) is 14.7. The van der Waals surface area contributed by atoms with Crippen molar-refractivity contribution < 1.29 is 4.43 Å².